The number of carbonyl (C=O) groups excluding carboxylic acids is 1. The molecule has 116 valence electrons. The Morgan fingerprint density at radius 3 is 2.86 bits per heavy atom. The number of aryl methyl sites for hydroxylation is 1. The van der Waals surface area contributed by atoms with Gasteiger partial charge >= 0.3 is 0 Å². The molecule has 1 aromatic carbocycles. The molecular formula is C16H18FN3OS. The van der Waals surface area contributed by atoms with Crippen LogP contribution in [-0.4, -0.2) is 34.9 Å². The van der Waals surface area contributed by atoms with Gasteiger partial charge in [-0.2, -0.15) is 0 Å². The van der Waals surface area contributed by atoms with Crippen LogP contribution < -0.4 is 5.32 Å². The van der Waals surface area contributed by atoms with Gasteiger partial charge in [0.15, 0.2) is 0 Å². The third kappa shape index (κ3) is 3.27. The highest BCUT2D eigenvalue weighted by atomic mass is 32.1. The van der Waals surface area contributed by atoms with E-state index in [2.05, 4.69) is 10.3 Å². The summed E-state index contributed by atoms with van der Waals surface area (Å²) in [6.45, 7) is 3.30. The zero-order valence-corrected chi connectivity index (χ0v) is 13.2. The SMILES string of the molecule is Cc1ncsc1C(=O)N1CCC[C@@H](Nc2ccc(F)cc2)C1. The molecule has 1 amide bonds. The van der Waals surface area contributed by atoms with Crippen LogP contribution in [0.5, 0.6) is 0 Å². The van der Waals surface area contributed by atoms with Gasteiger partial charge in [-0.3, -0.25) is 4.79 Å². The summed E-state index contributed by atoms with van der Waals surface area (Å²) in [6, 6.07) is 6.52. The van der Waals surface area contributed by atoms with E-state index in [-0.39, 0.29) is 17.8 Å². The summed E-state index contributed by atoms with van der Waals surface area (Å²) in [5, 5.41) is 3.38. The van der Waals surface area contributed by atoms with E-state index in [9.17, 15) is 9.18 Å². The number of carbonyl (C=O) groups is 1. The number of halogens is 1. The lowest BCUT2D eigenvalue weighted by molar-refractivity contribution is 0.0719. The first-order valence-corrected chi connectivity index (χ1v) is 8.23. The molecule has 4 nitrogen and oxygen atoms in total. The zero-order chi connectivity index (χ0) is 15.5. The molecule has 0 spiro atoms. The molecule has 0 radical (unpaired) electrons. The van der Waals surface area contributed by atoms with Gasteiger partial charge in [0.25, 0.3) is 5.91 Å². The Morgan fingerprint density at radius 2 is 2.18 bits per heavy atom. The maximum Gasteiger partial charge on any atom is 0.265 e. The monoisotopic (exact) mass is 319 g/mol. The first-order chi connectivity index (χ1) is 10.6. The molecule has 22 heavy (non-hydrogen) atoms. The van der Waals surface area contributed by atoms with Crippen LogP contribution >= 0.6 is 11.3 Å². The minimum Gasteiger partial charge on any atom is -0.381 e. The molecule has 0 saturated carbocycles. The molecule has 1 aliphatic heterocycles. The summed E-state index contributed by atoms with van der Waals surface area (Å²) in [5.74, 6) is -0.183. The molecule has 3 rings (SSSR count). The van der Waals surface area contributed by atoms with Gasteiger partial charge in [0, 0.05) is 24.8 Å². The van der Waals surface area contributed by atoms with Crippen molar-refractivity contribution in [3.05, 3.63) is 46.2 Å². The Hall–Kier alpha value is -1.95. The van der Waals surface area contributed by atoms with E-state index in [0.717, 1.165) is 35.6 Å². The Bertz CT molecular complexity index is 656. The van der Waals surface area contributed by atoms with E-state index in [0.29, 0.717) is 6.54 Å². The molecule has 1 aromatic heterocycles. The number of aromatic nitrogens is 1. The number of benzene rings is 1. The van der Waals surface area contributed by atoms with Gasteiger partial charge in [-0.05, 0) is 44.0 Å². The number of hydrogen-bond donors (Lipinski definition) is 1. The van der Waals surface area contributed by atoms with Crippen molar-refractivity contribution in [2.24, 2.45) is 0 Å². The number of thiazole rings is 1. The van der Waals surface area contributed by atoms with Gasteiger partial charge in [0.2, 0.25) is 0 Å². The molecule has 1 fully saturated rings. The number of piperidine rings is 1. The molecule has 2 heterocycles. The summed E-state index contributed by atoms with van der Waals surface area (Å²) in [7, 11) is 0. The van der Waals surface area contributed by atoms with Crippen molar-refractivity contribution in [1.82, 2.24) is 9.88 Å². The van der Waals surface area contributed by atoms with Crippen LogP contribution in [0.1, 0.15) is 28.2 Å². The second kappa shape index (κ2) is 6.44. The lowest BCUT2D eigenvalue weighted by Crippen LogP contribution is -2.45. The topological polar surface area (TPSA) is 45.2 Å². The number of hydrogen-bond acceptors (Lipinski definition) is 4. The molecule has 0 bridgehead atoms. The molecule has 0 aliphatic carbocycles. The summed E-state index contributed by atoms with van der Waals surface area (Å²) in [4.78, 5) is 19.3. The maximum atomic E-state index is 12.9. The maximum absolute atomic E-state index is 12.9. The minimum atomic E-state index is -0.244. The zero-order valence-electron chi connectivity index (χ0n) is 12.4. The van der Waals surface area contributed by atoms with Crippen molar-refractivity contribution in [3.63, 3.8) is 0 Å². The van der Waals surface area contributed by atoms with Crippen molar-refractivity contribution >= 4 is 22.9 Å². The molecule has 1 aliphatic rings. The Balaban J connectivity index is 1.65. The van der Waals surface area contributed by atoms with E-state index in [4.69, 9.17) is 0 Å². The third-order valence-electron chi connectivity index (χ3n) is 3.86. The standard InChI is InChI=1S/C16H18FN3OS/c1-11-15(22-10-18-11)16(21)20-8-2-3-14(9-20)19-13-6-4-12(17)5-7-13/h4-7,10,14,19H,2-3,8-9H2,1H3/t14-/m1/s1. The molecule has 0 unspecified atom stereocenters. The van der Waals surface area contributed by atoms with E-state index in [1.807, 2.05) is 11.8 Å². The number of anilines is 1. The normalized spacial score (nSPS) is 18.3. The highest BCUT2D eigenvalue weighted by Crippen LogP contribution is 2.21. The average molecular weight is 319 g/mol. The highest BCUT2D eigenvalue weighted by Gasteiger charge is 2.26. The minimum absolute atomic E-state index is 0.0607. The van der Waals surface area contributed by atoms with Crippen molar-refractivity contribution in [2.45, 2.75) is 25.8 Å². The Kier molecular flexibility index (Phi) is 4.38. The lowest BCUT2D eigenvalue weighted by Gasteiger charge is -2.33. The fourth-order valence-corrected chi connectivity index (χ4v) is 3.48. The number of nitrogens with one attached hydrogen (secondary N) is 1. The second-order valence-corrected chi connectivity index (χ2v) is 6.36. The van der Waals surface area contributed by atoms with Gasteiger partial charge < -0.3 is 10.2 Å². The van der Waals surface area contributed by atoms with E-state index in [1.165, 1.54) is 23.5 Å². The number of likely N-dealkylation sites (tertiary alicyclic amines) is 1. The smallest absolute Gasteiger partial charge is 0.265 e. The molecule has 6 heteroatoms. The molecule has 1 N–H and O–H groups in total. The Labute approximate surface area is 133 Å². The van der Waals surface area contributed by atoms with Gasteiger partial charge in [0.1, 0.15) is 10.7 Å². The van der Waals surface area contributed by atoms with Crippen LogP contribution in [0.3, 0.4) is 0 Å². The number of amides is 1. The van der Waals surface area contributed by atoms with Gasteiger partial charge in [0.05, 0.1) is 11.2 Å². The van der Waals surface area contributed by atoms with Gasteiger partial charge in [-0.15, -0.1) is 11.3 Å². The Morgan fingerprint density at radius 1 is 1.41 bits per heavy atom. The first-order valence-electron chi connectivity index (χ1n) is 7.35. The van der Waals surface area contributed by atoms with E-state index in [1.54, 1.807) is 17.6 Å². The van der Waals surface area contributed by atoms with Gasteiger partial charge in [-0.25, -0.2) is 9.37 Å². The van der Waals surface area contributed by atoms with Crippen molar-refractivity contribution in [1.29, 1.82) is 0 Å². The van der Waals surface area contributed by atoms with Crippen molar-refractivity contribution < 1.29 is 9.18 Å². The van der Waals surface area contributed by atoms with Crippen LogP contribution in [0.15, 0.2) is 29.8 Å². The fraction of sp³-hybridized carbons (Fsp3) is 0.375. The van der Waals surface area contributed by atoms with Crippen LogP contribution in [0.2, 0.25) is 0 Å². The lowest BCUT2D eigenvalue weighted by atomic mass is 10.0. The van der Waals surface area contributed by atoms with Gasteiger partial charge in [-0.1, -0.05) is 0 Å². The largest absolute Gasteiger partial charge is 0.381 e. The molecule has 1 saturated heterocycles. The van der Waals surface area contributed by atoms with E-state index >= 15 is 0 Å². The summed E-state index contributed by atoms with van der Waals surface area (Å²) < 4.78 is 12.9. The predicted molar refractivity (Wildman–Crippen MR) is 85.8 cm³/mol. The van der Waals surface area contributed by atoms with Crippen molar-refractivity contribution in [3.8, 4) is 0 Å². The molecule has 2 aromatic rings. The summed E-state index contributed by atoms with van der Waals surface area (Å²) in [5.41, 5.74) is 3.39. The third-order valence-corrected chi connectivity index (χ3v) is 4.78. The van der Waals surface area contributed by atoms with Crippen LogP contribution in [-0.2, 0) is 0 Å². The van der Waals surface area contributed by atoms with Crippen molar-refractivity contribution in [2.75, 3.05) is 18.4 Å². The number of rotatable bonds is 3. The first kappa shape index (κ1) is 15.0. The second-order valence-electron chi connectivity index (χ2n) is 5.51. The van der Waals surface area contributed by atoms with Crippen LogP contribution in [0, 0.1) is 12.7 Å². The molecule has 1 atom stereocenters. The van der Waals surface area contributed by atoms with E-state index < -0.39 is 0 Å². The average Bonchev–Trinajstić information content (AvgIpc) is 2.95. The van der Waals surface area contributed by atoms with Crippen LogP contribution in [0.25, 0.3) is 0 Å². The highest BCUT2D eigenvalue weighted by molar-refractivity contribution is 7.11. The van der Waals surface area contributed by atoms with Crippen LogP contribution in [0.4, 0.5) is 10.1 Å². The quantitative estimate of drug-likeness (QED) is 0.944. The summed E-state index contributed by atoms with van der Waals surface area (Å²) >= 11 is 1.39. The summed E-state index contributed by atoms with van der Waals surface area (Å²) in [6.07, 6.45) is 1.96. The fourth-order valence-electron chi connectivity index (χ4n) is 2.71. The number of nitrogens with zero attached hydrogens (tertiary/aromatic N) is 2. The molecular weight excluding hydrogens is 301 g/mol. The predicted octanol–water partition coefficient (Wildman–Crippen LogP) is 3.31.